The quantitative estimate of drug-likeness (QED) is 0.869. The van der Waals surface area contributed by atoms with E-state index in [4.69, 9.17) is 4.74 Å². The van der Waals surface area contributed by atoms with Crippen LogP contribution in [0.3, 0.4) is 0 Å². The molecule has 1 aliphatic rings. The van der Waals surface area contributed by atoms with Gasteiger partial charge in [0.05, 0.1) is 0 Å². The first kappa shape index (κ1) is 13.1. The predicted molar refractivity (Wildman–Crippen MR) is 74.2 cm³/mol. The number of likely N-dealkylation sites (tertiary alicyclic amines) is 1. The Kier molecular flexibility index (Phi) is 4.81. The zero-order valence-electron chi connectivity index (χ0n) is 11.4. The molecule has 0 aromatic carbocycles. The largest absolute Gasteiger partial charge is 0.476 e. The molecule has 1 atom stereocenters. The van der Waals surface area contributed by atoms with E-state index in [-0.39, 0.29) is 0 Å². The Balaban J connectivity index is 1.87. The maximum Gasteiger partial charge on any atom is 0.215 e. The van der Waals surface area contributed by atoms with Gasteiger partial charge < -0.3 is 15.0 Å². The molecule has 0 spiro atoms. The molecule has 0 radical (unpaired) electrons. The summed E-state index contributed by atoms with van der Waals surface area (Å²) in [4.78, 5) is 6.81. The van der Waals surface area contributed by atoms with Crippen molar-refractivity contribution in [2.45, 2.75) is 32.2 Å². The third-order valence-corrected chi connectivity index (χ3v) is 3.43. The van der Waals surface area contributed by atoms with Gasteiger partial charge in [0, 0.05) is 18.7 Å². The molecule has 4 heteroatoms. The lowest BCUT2D eigenvalue weighted by Gasteiger charge is -2.31. The van der Waals surface area contributed by atoms with E-state index in [0.29, 0.717) is 11.9 Å². The summed E-state index contributed by atoms with van der Waals surface area (Å²) < 4.78 is 5.81. The van der Waals surface area contributed by atoms with Crippen LogP contribution in [0, 0.1) is 0 Å². The molecular formula is C14H23N3O. The summed E-state index contributed by atoms with van der Waals surface area (Å²) >= 11 is 0. The van der Waals surface area contributed by atoms with Gasteiger partial charge >= 0.3 is 0 Å². The zero-order chi connectivity index (χ0) is 12.8. The Labute approximate surface area is 109 Å². The minimum atomic E-state index is 0.531. The predicted octanol–water partition coefficient (Wildman–Crippen LogP) is 2.38. The summed E-state index contributed by atoms with van der Waals surface area (Å²) in [6.45, 7) is 4.85. The second-order valence-corrected chi connectivity index (χ2v) is 4.83. The highest BCUT2D eigenvalue weighted by atomic mass is 16.5. The van der Waals surface area contributed by atoms with Crippen LogP contribution < -0.4 is 10.1 Å². The van der Waals surface area contributed by atoms with Crippen molar-refractivity contribution in [2.24, 2.45) is 0 Å². The van der Waals surface area contributed by atoms with Crippen molar-refractivity contribution in [3.63, 3.8) is 0 Å². The summed E-state index contributed by atoms with van der Waals surface area (Å²) in [7, 11) is 2.18. The van der Waals surface area contributed by atoms with Crippen LogP contribution in [0.4, 0.5) is 5.82 Å². The molecule has 2 heterocycles. The van der Waals surface area contributed by atoms with Gasteiger partial charge in [0.2, 0.25) is 5.88 Å². The Hall–Kier alpha value is -1.29. The van der Waals surface area contributed by atoms with Gasteiger partial charge in [0.25, 0.3) is 0 Å². The highest BCUT2D eigenvalue weighted by molar-refractivity contribution is 5.36. The number of ether oxygens (including phenoxy) is 1. The van der Waals surface area contributed by atoms with Gasteiger partial charge in [0.1, 0.15) is 12.4 Å². The van der Waals surface area contributed by atoms with Crippen molar-refractivity contribution in [2.75, 3.05) is 32.1 Å². The van der Waals surface area contributed by atoms with E-state index in [0.717, 1.165) is 19.0 Å². The number of nitrogens with zero attached hydrogens (tertiary/aromatic N) is 2. The van der Waals surface area contributed by atoms with E-state index in [9.17, 15) is 0 Å². The van der Waals surface area contributed by atoms with E-state index in [1.165, 1.54) is 25.8 Å². The van der Waals surface area contributed by atoms with Crippen molar-refractivity contribution in [3.8, 4) is 5.88 Å². The lowest BCUT2D eigenvalue weighted by Crippen LogP contribution is -2.40. The molecule has 0 aliphatic carbocycles. The topological polar surface area (TPSA) is 37.4 Å². The smallest absolute Gasteiger partial charge is 0.215 e. The van der Waals surface area contributed by atoms with E-state index in [2.05, 4.69) is 29.2 Å². The number of piperidine rings is 1. The van der Waals surface area contributed by atoms with Crippen molar-refractivity contribution in [1.29, 1.82) is 0 Å². The van der Waals surface area contributed by atoms with Crippen LogP contribution in [0.2, 0.25) is 0 Å². The number of rotatable bonds is 5. The maximum absolute atomic E-state index is 5.81. The van der Waals surface area contributed by atoms with Gasteiger partial charge in [-0.2, -0.15) is 4.98 Å². The molecule has 1 aliphatic heterocycles. The number of likely N-dealkylation sites (N-methyl/N-ethyl adjacent to an activating group) is 1. The average molecular weight is 249 g/mol. The molecule has 1 unspecified atom stereocenters. The normalized spacial score (nSPS) is 20.7. The summed E-state index contributed by atoms with van der Waals surface area (Å²) in [5.74, 6) is 1.60. The third-order valence-electron chi connectivity index (χ3n) is 3.43. The molecule has 2 rings (SSSR count). The van der Waals surface area contributed by atoms with Crippen LogP contribution in [-0.2, 0) is 0 Å². The van der Waals surface area contributed by atoms with Crippen LogP contribution in [0.1, 0.15) is 26.2 Å². The fourth-order valence-corrected chi connectivity index (χ4v) is 2.31. The SMILES string of the molecule is CCNc1cccc(OCC2CCCCN2C)n1. The lowest BCUT2D eigenvalue weighted by atomic mass is 10.0. The molecule has 1 N–H and O–H groups in total. The fourth-order valence-electron chi connectivity index (χ4n) is 2.31. The number of hydrogen-bond donors (Lipinski definition) is 1. The average Bonchev–Trinajstić information content (AvgIpc) is 2.39. The minimum absolute atomic E-state index is 0.531. The van der Waals surface area contributed by atoms with Crippen molar-refractivity contribution in [3.05, 3.63) is 18.2 Å². The van der Waals surface area contributed by atoms with Gasteiger partial charge in [-0.1, -0.05) is 12.5 Å². The second-order valence-electron chi connectivity index (χ2n) is 4.83. The summed E-state index contributed by atoms with van der Waals surface area (Å²) in [5.41, 5.74) is 0. The van der Waals surface area contributed by atoms with Crippen molar-refractivity contribution >= 4 is 5.82 Å². The van der Waals surface area contributed by atoms with Crippen LogP contribution in [0.15, 0.2) is 18.2 Å². The molecule has 1 aromatic heterocycles. The van der Waals surface area contributed by atoms with Gasteiger partial charge in [-0.3, -0.25) is 0 Å². The molecule has 1 saturated heterocycles. The van der Waals surface area contributed by atoms with Gasteiger partial charge in [-0.15, -0.1) is 0 Å². The van der Waals surface area contributed by atoms with Crippen molar-refractivity contribution in [1.82, 2.24) is 9.88 Å². The maximum atomic E-state index is 5.81. The molecule has 0 bridgehead atoms. The second kappa shape index (κ2) is 6.59. The Morgan fingerprint density at radius 3 is 3.11 bits per heavy atom. The Morgan fingerprint density at radius 1 is 1.44 bits per heavy atom. The number of nitrogens with one attached hydrogen (secondary N) is 1. The molecule has 0 amide bonds. The highest BCUT2D eigenvalue weighted by Crippen LogP contribution is 2.17. The standard InChI is InChI=1S/C14H23N3O/c1-3-15-13-8-6-9-14(16-13)18-11-12-7-4-5-10-17(12)2/h6,8-9,12H,3-5,7,10-11H2,1-2H3,(H,15,16). The number of pyridine rings is 1. The molecular weight excluding hydrogens is 226 g/mol. The summed E-state index contributed by atoms with van der Waals surface area (Å²) in [6.07, 6.45) is 3.84. The highest BCUT2D eigenvalue weighted by Gasteiger charge is 2.19. The first-order chi connectivity index (χ1) is 8.79. The lowest BCUT2D eigenvalue weighted by molar-refractivity contribution is 0.122. The first-order valence-electron chi connectivity index (χ1n) is 6.83. The molecule has 18 heavy (non-hydrogen) atoms. The van der Waals surface area contributed by atoms with E-state index >= 15 is 0 Å². The zero-order valence-corrected chi connectivity index (χ0v) is 11.4. The summed E-state index contributed by atoms with van der Waals surface area (Å²) in [5, 5.41) is 3.19. The van der Waals surface area contributed by atoms with Crippen LogP contribution in [-0.4, -0.2) is 42.7 Å². The Morgan fingerprint density at radius 2 is 2.33 bits per heavy atom. The van der Waals surface area contributed by atoms with Crippen LogP contribution in [0.5, 0.6) is 5.88 Å². The third kappa shape index (κ3) is 3.60. The van der Waals surface area contributed by atoms with Gasteiger partial charge in [-0.25, -0.2) is 0 Å². The number of hydrogen-bond acceptors (Lipinski definition) is 4. The number of anilines is 1. The number of aromatic nitrogens is 1. The van der Waals surface area contributed by atoms with Crippen molar-refractivity contribution < 1.29 is 4.74 Å². The molecule has 1 fully saturated rings. The van der Waals surface area contributed by atoms with E-state index in [1.807, 2.05) is 18.2 Å². The first-order valence-corrected chi connectivity index (χ1v) is 6.83. The summed E-state index contributed by atoms with van der Waals surface area (Å²) in [6, 6.07) is 6.39. The van der Waals surface area contributed by atoms with Gasteiger partial charge in [-0.05, 0) is 39.4 Å². The minimum Gasteiger partial charge on any atom is -0.476 e. The molecule has 0 saturated carbocycles. The van der Waals surface area contributed by atoms with E-state index in [1.54, 1.807) is 0 Å². The molecule has 1 aromatic rings. The monoisotopic (exact) mass is 249 g/mol. The molecule has 100 valence electrons. The van der Waals surface area contributed by atoms with Crippen LogP contribution >= 0.6 is 0 Å². The molecule has 4 nitrogen and oxygen atoms in total. The van der Waals surface area contributed by atoms with Crippen LogP contribution in [0.25, 0.3) is 0 Å². The fraction of sp³-hybridized carbons (Fsp3) is 0.643. The Bertz CT molecular complexity index is 370. The van der Waals surface area contributed by atoms with Gasteiger partial charge in [0.15, 0.2) is 0 Å². The van der Waals surface area contributed by atoms with E-state index < -0.39 is 0 Å².